The van der Waals surface area contributed by atoms with Gasteiger partial charge in [-0.2, -0.15) is 0 Å². The molecule has 7 nitrogen and oxygen atoms in total. The maximum absolute atomic E-state index is 12.4. The number of carbonyl (C=O) groups excluding carboxylic acids is 2. The molecular formula is C20H27N3O4S2. The average molecular weight is 438 g/mol. The summed E-state index contributed by atoms with van der Waals surface area (Å²) in [6.45, 7) is 3.98. The van der Waals surface area contributed by atoms with E-state index in [1.165, 1.54) is 38.4 Å². The first-order chi connectivity index (χ1) is 13.6. The number of hydrogen-bond donors (Lipinski definition) is 2. The van der Waals surface area contributed by atoms with Gasteiger partial charge in [0.05, 0.1) is 17.5 Å². The first-order valence-electron chi connectivity index (χ1n) is 9.24. The molecule has 9 heteroatoms. The SMILES string of the molecule is CC(C)CC(NC(=O)CNC(=O)c1cccc(S(=O)(=O)N(C)C)c1)c1cccs1. The molecule has 2 N–H and O–H groups in total. The van der Waals surface area contributed by atoms with Crippen molar-refractivity contribution in [1.82, 2.24) is 14.9 Å². The van der Waals surface area contributed by atoms with Crippen molar-refractivity contribution >= 4 is 33.2 Å². The van der Waals surface area contributed by atoms with Crippen LogP contribution < -0.4 is 10.6 Å². The second kappa shape index (κ2) is 10.00. The maximum atomic E-state index is 12.4. The van der Waals surface area contributed by atoms with Crippen molar-refractivity contribution in [1.29, 1.82) is 0 Å². The Labute approximate surface area is 176 Å². The van der Waals surface area contributed by atoms with Gasteiger partial charge in [-0.1, -0.05) is 26.0 Å². The second-order valence-electron chi connectivity index (χ2n) is 7.26. The van der Waals surface area contributed by atoms with Crippen LogP contribution in [0.1, 0.15) is 41.5 Å². The van der Waals surface area contributed by atoms with Gasteiger partial charge in [0.15, 0.2) is 0 Å². The van der Waals surface area contributed by atoms with E-state index in [9.17, 15) is 18.0 Å². The van der Waals surface area contributed by atoms with Gasteiger partial charge in [0.25, 0.3) is 5.91 Å². The summed E-state index contributed by atoms with van der Waals surface area (Å²) in [6, 6.07) is 9.55. The van der Waals surface area contributed by atoms with Crippen LogP contribution in [-0.2, 0) is 14.8 Å². The summed E-state index contributed by atoms with van der Waals surface area (Å²) >= 11 is 1.58. The molecular weight excluding hydrogens is 410 g/mol. The number of sulfonamides is 1. The van der Waals surface area contributed by atoms with Crippen LogP contribution in [0.5, 0.6) is 0 Å². The summed E-state index contributed by atoms with van der Waals surface area (Å²) in [5.74, 6) is -0.402. The lowest BCUT2D eigenvalue weighted by molar-refractivity contribution is -0.120. The minimum Gasteiger partial charge on any atom is -0.347 e. The Bertz CT molecular complexity index is 938. The Balaban J connectivity index is 2.00. The summed E-state index contributed by atoms with van der Waals surface area (Å²) in [4.78, 5) is 25.8. The first-order valence-corrected chi connectivity index (χ1v) is 11.6. The third-order valence-electron chi connectivity index (χ3n) is 4.21. The standard InChI is InChI=1S/C20H27N3O4S2/c1-14(2)11-17(18-9-6-10-28-18)22-19(24)13-21-20(25)15-7-5-8-16(12-15)29(26,27)23(3)4/h5-10,12,14,17H,11,13H2,1-4H3,(H,21,25)(H,22,24). The molecule has 0 saturated heterocycles. The number of thiophene rings is 1. The monoisotopic (exact) mass is 437 g/mol. The van der Waals surface area contributed by atoms with Gasteiger partial charge >= 0.3 is 0 Å². The average Bonchev–Trinajstić information content (AvgIpc) is 3.20. The normalized spacial score (nSPS) is 12.8. The number of rotatable bonds is 9. The highest BCUT2D eigenvalue weighted by Gasteiger charge is 2.20. The van der Waals surface area contributed by atoms with Crippen molar-refractivity contribution < 1.29 is 18.0 Å². The van der Waals surface area contributed by atoms with Gasteiger partial charge in [0, 0.05) is 24.5 Å². The number of nitrogens with one attached hydrogen (secondary N) is 2. The zero-order valence-electron chi connectivity index (χ0n) is 17.0. The van der Waals surface area contributed by atoms with Crippen LogP contribution in [-0.4, -0.2) is 45.2 Å². The van der Waals surface area contributed by atoms with Crippen molar-refractivity contribution in [2.45, 2.75) is 31.2 Å². The van der Waals surface area contributed by atoms with Crippen LogP contribution in [0.15, 0.2) is 46.7 Å². The number of nitrogens with zero attached hydrogens (tertiary/aromatic N) is 1. The molecule has 2 aromatic rings. The predicted molar refractivity (Wildman–Crippen MR) is 114 cm³/mol. The summed E-state index contributed by atoms with van der Waals surface area (Å²) in [6.07, 6.45) is 0.796. The fourth-order valence-corrected chi connectivity index (χ4v) is 4.46. The van der Waals surface area contributed by atoms with Gasteiger partial charge < -0.3 is 10.6 Å². The molecule has 1 unspecified atom stereocenters. The zero-order chi connectivity index (χ0) is 21.6. The summed E-state index contributed by atoms with van der Waals surface area (Å²) in [7, 11) is -0.793. The Morgan fingerprint density at radius 2 is 1.86 bits per heavy atom. The summed E-state index contributed by atoms with van der Waals surface area (Å²) in [5, 5.41) is 7.48. The highest BCUT2D eigenvalue weighted by Crippen LogP contribution is 2.25. The molecule has 158 valence electrons. The molecule has 0 radical (unpaired) electrons. The molecule has 2 rings (SSSR count). The molecule has 0 aliphatic rings. The van der Waals surface area contributed by atoms with Crippen LogP contribution in [0.2, 0.25) is 0 Å². The Morgan fingerprint density at radius 3 is 2.45 bits per heavy atom. The topological polar surface area (TPSA) is 95.6 Å². The Morgan fingerprint density at radius 1 is 1.14 bits per heavy atom. The van der Waals surface area contributed by atoms with E-state index in [0.717, 1.165) is 15.6 Å². The molecule has 1 aromatic heterocycles. The number of benzene rings is 1. The highest BCUT2D eigenvalue weighted by molar-refractivity contribution is 7.89. The number of hydrogen-bond acceptors (Lipinski definition) is 5. The van der Waals surface area contributed by atoms with Crippen LogP contribution in [0.4, 0.5) is 0 Å². The van der Waals surface area contributed by atoms with Gasteiger partial charge in [-0.15, -0.1) is 11.3 Å². The van der Waals surface area contributed by atoms with Crippen molar-refractivity contribution in [3.63, 3.8) is 0 Å². The maximum Gasteiger partial charge on any atom is 0.251 e. The Hall–Kier alpha value is -2.23. The van der Waals surface area contributed by atoms with Gasteiger partial charge in [0.1, 0.15) is 0 Å². The number of carbonyl (C=O) groups is 2. The lowest BCUT2D eigenvalue weighted by atomic mass is 10.0. The van der Waals surface area contributed by atoms with Crippen molar-refractivity contribution in [2.75, 3.05) is 20.6 Å². The smallest absolute Gasteiger partial charge is 0.251 e. The molecule has 1 aromatic carbocycles. The highest BCUT2D eigenvalue weighted by atomic mass is 32.2. The summed E-state index contributed by atoms with van der Waals surface area (Å²) < 4.78 is 25.5. The predicted octanol–water partition coefficient (Wildman–Crippen LogP) is 2.63. The third kappa shape index (κ3) is 6.38. The molecule has 0 aliphatic carbocycles. The lowest BCUT2D eigenvalue weighted by Crippen LogP contribution is -2.39. The third-order valence-corrected chi connectivity index (χ3v) is 7.01. The van der Waals surface area contributed by atoms with Crippen molar-refractivity contribution in [3.05, 3.63) is 52.2 Å². The van der Waals surface area contributed by atoms with Gasteiger partial charge in [-0.05, 0) is 42.0 Å². The molecule has 0 aliphatic heterocycles. The van der Waals surface area contributed by atoms with Crippen LogP contribution in [0.25, 0.3) is 0 Å². The largest absolute Gasteiger partial charge is 0.347 e. The molecule has 1 heterocycles. The zero-order valence-corrected chi connectivity index (χ0v) is 18.6. The lowest BCUT2D eigenvalue weighted by Gasteiger charge is -2.19. The van der Waals surface area contributed by atoms with Crippen molar-refractivity contribution in [2.24, 2.45) is 5.92 Å². The van der Waals surface area contributed by atoms with Crippen LogP contribution >= 0.6 is 11.3 Å². The van der Waals surface area contributed by atoms with Gasteiger partial charge in [-0.25, -0.2) is 12.7 Å². The van der Waals surface area contributed by atoms with Gasteiger partial charge in [0.2, 0.25) is 15.9 Å². The Kier molecular flexibility index (Phi) is 7.95. The minimum absolute atomic E-state index is 0.0225. The fourth-order valence-electron chi connectivity index (χ4n) is 2.72. The van der Waals surface area contributed by atoms with Crippen LogP contribution in [0, 0.1) is 5.92 Å². The summed E-state index contributed by atoms with van der Waals surface area (Å²) in [5.41, 5.74) is 0.178. The molecule has 2 amide bonds. The van der Waals surface area contributed by atoms with Crippen LogP contribution in [0.3, 0.4) is 0 Å². The molecule has 0 spiro atoms. The van der Waals surface area contributed by atoms with E-state index < -0.39 is 15.9 Å². The fraction of sp³-hybridized carbons (Fsp3) is 0.400. The first kappa shape index (κ1) is 23.1. The quantitative estimate of drug-likeness (QED) is 0.630. The molecule has 0 fully saturated rings. The second-order valence-corrected chi connectivity index (χ2v) is 10.4. The minimum atomic E-state index is -3.64. The van der Waals surface area contributed by atoms with E-state index in [-0.39, 0.29) is 29.0 Å². The van der Waals surface area contributed by atoms with E-state index >= 15 is 0 Å². The van der Waals surface area contributed by atoms with E-state index in [4.69, 9.17) is 0 Å². The van der Waals surface area contributed by atoms with Crippen molar-refractivity contribution in [3.8, 4) is 0 Å². The van der Waals surface area contributed by atoms with E-state index in [1.807, 2.05) is 17.5 Å². The van der Waals surface area contributed by atoms with E-state index in [2.05, 4.69) is 24.5 Å². The molecule has 1 atom stereocenters. The van der Waals surface area contributed by atoms with E-state index in [0.29, 0.717) is 5.92 Å². The number of amides is 2. The molecule has 0 bridgehead atoms. The molecule has 29 heavy (non-hydrogen) atoms. The van der Waals surface area contributed by atoms with E-state index in [1.54, 1.807) is 11.3 Å². The molecule has 0 saturated carbocycles. The van der Waals surface area contributed by atoms with Gasteiger partial charge in [-0.3, -0.25) is 9.59 Å².